The van der Waals surface area contributed by atoms with Crippen LogP contribution in [0.4, 0.5) is 0 Å². The average molecular weight is 250 g/mol. The molecule has 0 atom stereocenters. The second kappa shape index (κ2) is 5.82. The SMILES string of the molecule is CN(CCOCC1CC1)C(=O)c1cncc(O)c1. The lowest BCUT2D eigenvalue weighted by atomic mass is 10.2. The normalized spacial score (nSPS) is 14.5. The van der Waals surface area contributed by atoms with Gasteiger partial charge in [0.15, 0.2) is 0 Å². The Balaban J connectivity index is 1.76. The molecule has 1 heterocycles. The van der Waals surface area contributed by atoms with E-state index in [1.807, 2.05) is 0 Å². The quantitative estimate of drug-likeness (QED) is 0.773. The first-order valence-corrected chi connectivity index (χ1v) is 6.14. The van der Waals surface area contributed by atoms with E-state index in [0.29, 0.717) is 18.7 Å². The van der Waals surface area contributed by atoms with Gasteiger partial charge in [0.25, 0.3) is 5.91 Å². The minimum absolute atomic E-state index is 0.000710. The van der Waals surface area contributed by atoms with Gasteiger partial charge >= 0.3 is 0 Å². The minimum Gasteiger partial charge on any atom is -0.506 e. The molecular formula is C13H18N2O3. The molecule has 1 aromatic heterocycles. The number of carbonyl (C=O) groups is 1. The summed E-state index contributed by atoms with van der Waals surface area (Å²) < 4.78 is 5.48. The molecule has 0 radical (unpaired) electrons. The van der Waals surface area contributed by atoms with E-state index < -0.39 is 0 Å². The van der Waals surface area contributed by atoms with E-state index >= 15 is 0 Å². The van der Waals surface area contributed by atoms with Crippen LogP contribution in [0.2, 0.25) is 0 Å². The lowest BCUT2D eigenvalue weighted by Gasteiger charge is -2.17. The Hall–Kier alpha value is -1.62. The Labute approximate surface area is 106 Å². The Kier molecular flexibility index (Phi) is 4.15. The number of nitrogens with zero attached hydrogens (tertiary/aromatic N) is 2. The first kappa shape index (κ1) is 12.8. The summed E-state index contributed by atoms with van der Waals surface area (Å²) in [6.07, 6.45) is 5.28. The van der Waals surface area contributed by atoms with Gasteiger partial charge in [0.2, 0.25) is 0 Å². The van der Waals surface area contributed by atoms with Crippen LogP contribution in [-0.2, 0) is 4.74 Å². The summed E-state index contributed by atoms with van der Waals surface area (Å²) in [4.78, 5) is 17.3. The highest BCUT2D eigenvalue weighted by Gasteiger charge is 2.21. The maximum atomic E-state index is 12.0. The van der Waals surface area contributed by atoms with Crippen LogP contribution >= 0.6 is 0 Å². The molecule has 5 heteroatoms. The highest BCUT2D eigenvalue weighted by Crippen LogP contribution is 2.28. The predicted octanol–water partition coefficient (Wildman–Crippen LogP) is 1.29. The molecular weight excluding hydrogens is 232 g/mol. The van der Waals surface area contributed by atoms with Gasteiger partial charge in [0.1, 0.15) is 5.75 Å². The van der Waals surface area contributed by atoms with E-state index in [4.69, 9.17) is 4.74 Å². The number of hydrogen-bond donors (Lipinski definition) is 1. The van der Waals surface area contributed by atoms with E-state index in [0.717, 1.165) is 12.5 Å². The number of ether oxygens (including phenoxy) is 1. The fourth-order valence-corrected chi connectivity index (χ4v) is 1.60. The van der Waals surface area contributed by atoms with Crippen molar-refractivity contribution < 1.29 is 14.6 Å². The van der Waals surface area contributed by atoms with E-state index in [-0.39, 0.29) is 11.7 Å². The summed E-state index contributed by atoms with van der Waals surface area (Å²) in [5, 5.41) is 9.27. The zero-order valence-electron chi connectivity index (χ0n) is 10.5. The Morgan fingerprint density at radius 3 is 3.00 bits per heavy atom. The van der Waals surface area contributed by atoms with Crippen molar-refractivity contribution in [1.29, 1.82) is 0 Å². The molecule has 1 aliphatic rings. The van der Waals surface area contributed by atoms with Gasteiger partial charge < -0.3 is 14.7 Å². The van der Waals surface area contributed by atoms with Gasteiger partial charge in [-0.05, 0) is 24.8 Å². The summed E-state index contributed by atoms with van der Waals surface area (Å²) in [5.41, 5.74) is 0.389. The molecule has 1 N–H and O–H groups in total. The molecule has 0 saturated heterocycles. The summed E-state index contributed by atoms with van der Waals surface area (Å²) >= 11 is 0. The van der Waals surface area contributed by atoms with E-state index in [2.05, 4.69) is 4.98 Å². The van der Waals surface area contributed by atoms with Crippen molar-refractivity contribution in [3.05, 3.63) is 24.0 Å². The maximum absolute atomic E-state index is 12.0. The van der Waals surface area contributed by atoms with Crippen LogP contribution in [0.5, 0.6) is 5.75 Å². The van der Waals surface area contributed by atoms with Crippen LogP contribution < -0.4 is 0 Å². The van der Waals surface area contributed by atoms with Crippen molar-refractivity contribution in [2.45, 2.75) is 12.8 Å². The summed E-state index contributed by atoms with van der Waals surface area (Å²) in [7, 11) is 1.72. The largest absolute Gasteiger partial charge is 0.506 e. The summed E-state index contributed by atoms with van der Waals surface area (Å²) in [6, 6.07) is 1.41. The molecule has 2 rings (SSSR count). The van der Waals surface area contributed by atoms with E-state index in [9.17, 15) is 9.90 Å². The molecule has 1 fully saturated rings. The molecule has 0 bridgehead atoms. The Morgan fingerprint density at radius 1 is 1.56 bits per heavy atom. The van der Waals surface area contributed by atoms with Crippen molar-refractivity contribution >= 4 is 5.91 Å². The average Bonchev–Trinajstić information content (AvgIpc) is 3.17. The first-order chi connectivity index (χ1) is 8.66. The Bertz CT molecular complexity index is 418. The molecule has 1 aliphatic carbocycles. The number of pyridine rings is 1. The first-order valence-electron chi connectivity index (χ1n) is 6.14. The second-order valence-corrected chi connectivity index (χ2v) is 4.68. The lowest BCUT2D eigenvalue weighted by Crippen LogP contribution is -2.30. The number of hydrogen-bond acceptors (Lipinski definition) is 4. The fraction of sp³-hybridized carbons (Fsp3) is 0.538. The molecule has 98 valence electrons. The van der Waals surface area contributed by atoms with E-state index in [1.54, 1.807) is 11.9 Å². The number of likely N-dealkylation sites (N-methyl/N-ethyl adjacent to an activating group) is 1. The van der Waals surface area contributed by atoms with Crippen molar-refractivity contribution in [3.63, 3.8) is 0 Å². The van der Waals surface area contributed by atoms with Crippen molar-refractivity contribution in [2.75, 3.05) is 26.8 Å². The summed E-state index contributed by atoms with van der Waals surface area (Å²) in [5.74, 6) is 0.578. The van der Waals surface area contributed by atoms with Crippen LogP contribution in [0.25, 0.3) is 0 Å². The number of carbonyl (C=O) groups excluding carboxylic acids is 1. The molecule has 5 nitrogen and oxygen atoms in total. The zero-order valence-corrected chi connectivity index (χ0v) is 10.5. The van der Waals surface area contributed by atoms with Crippen molar-refractivity contribution in [3.8, 4) is 5.75 Å². The van der Waals surface area contributed by atoms with Crippen LogP contribution in [-0.4, -0.2) is 47.7 Å². The van der Waals surface area contributed by atoms with Gasteiger partial charge in [-0.2, -0.15) is 0 Å². The van der Waals surface area contributed by atoms with Gasteiger partial charge in [-0.25, -0.2) is 0 Å². The lowest BCUT2D eigenvalue weighted by molar-refractivity contribution is 0.0680. The molecule has 0 spiro atoms. The molecule has 0 aromatic carbocycles. The third kappa shape index (κ3) is 3.70. The fourth-order valence-electron chi connectivity index (χ4n) is 1.60. The van der Waals surface area contributed by atoms with Crippen LogP contribution in [0.1, 0.15) is 23.2 Å². The van der Waals surface area contributed by atoms with E-state index in [1.165, 1.54) is 31.3 Å². The van der Waals surface area contributed by atoms with Crippen LogP contribution in [0.3, 0.4) is 0 Å². The minimum atomic E-state index is -0.159. The second-order valence-electron chi connectivity index (χ2n) is 4.68. The van der Waals surface area contributed by atoms with Gasteiger partial charge in [0.05, 0.1) is 18.4 Å². The van der Waals surface area contributed by atoms with Crippen molar-refractivity contribution in [1.82, 2.24) is 9.88 Å². The van der Waals surface area contributed by atoms with Crippen LogP contribution in [0, 0.1) is 5.92 Å². The maximum Gasteiger partial charge on any atom is 0.255 e. The number of rotatable bonds is 6. The highest BCUT2D eigenvalue weighted by atomic mass is 16.5. The van der Waals surface area contributed by atoms with Crippen molar-refractivity contribution in [2.24, 2.45) is 5.92 Å². The molecule has 1 amide bonds. The van der Waals surface area contributed by atoms with Gasteiger partial charge in [-0.3, -0.25) is 9.78 Å². The summed E-state index contributed by atoms with van der Waals surface area (Å²) in [6.45, 7) is 1.89. The smallest absolute Gasteiger partial charge is 0.255 e. The van der Waals surface area contributed by atoms with Gasteiger partial charge in [0, 0.05) is 26.4 Å². The standard InChI is InChI=1S/C13H18N2O3/c1-15(4-5-18-9-10-2-3-10)13(17)11-6-12(16)8-14-7-11/h6-8,10,16H,2-5,9H2,1H3. The van der Waals surface area contributed by atoms with Crippen LogP contribution in [0.15, 0.2) is 18.5 Å². The molecule has 1 aromatic rings. The molecule has 1 saturated carbocycles. The monoisotopic (exact) mass is 250 g/mol. The Morgan fingerprint density at radius 2 is 2.33 bits per heavy atom. The topological polar surface area (TPSA) is 62.7 Å². The number of amides is 1. The van der Waals surface area contributed by atoms with Gasteiger partial charge in [-0.15, -0.1) is 0 Å². The number of aromatic hydroxyl groups is 1. The van der Waals surface area contributed by atoms with Gasteiger partial charge in [-0.1, -0.05) is 0 Å². The third-order valence-corrected chi connectivity index (χ3v) is 2.94. The third-order valence-electron chi connectivity index (χ3n) is 2.94. The highest BCUT2D eigenvalue weighted by molar-refractivity contribution is 5.94. The molecule has 0 aliphatic heterocycles. The number of aromatic nitrogens is 1. The molecule has 0 unspecified atom stereocenters. The zero-order chi connectivity index (χ0) is 13.0. The molecule has 18 heavy (non-hydrogen) atoms. The predicted molar refractivity (Wildman–Crippen MR) is 66.4 cm³/mol.